The number of likely N-dealkylation sites (tertiary alicyclic amines) is 1. The van der Waals surface area contributed by atoms with Gasteiger partial charge in [-0.1, -0.05) is 11.4 Å². The number of hydrogen-bond acceptors (Lipinski definition) is 6. The summed E-state index contributed by atoms with van der Waals surface area (Å²) in [5, 5.41) is 6.92. The quantitative estimate of drug-likeness (QED) is 0.860. The third-order valence-corrected chi connectivity index (χ3v) is 6.27. The number of fused-ring (bicyclic) bond motifs is 1. The molecule has 4 aliphatic rings. The van der Waals surface area contributed by atoms with Gasteiger partial charge in [-0.15, -0.1) is 5.10 Å². The van der Waals surface area contributed by atoms with Gasteiger partial charge in [0.15, 0.2) is 0 Å². The summed E-state index contributed by atoms with van der Waals surface area (Å²) in [6.07, 6.45) is 4.56. The molecule has 0 aromatic carbocycles. The van der Waals surface area contributed by atoms with Crippen molar-refractivity contribution in [2.24, 2.45) is 11.8 Å². The molecule has 1 saturated carbocycles. The fourth-order valence-corrected chi connectivity index (χ4v) is 4.43. The molecular weight excluding hydrogens is 328 g/mol. The Labute approximate surface area is 144 Å². The monoisotopic (exact) mass is 350 g/mol. The molecule has 1 aliphatic carbocycles. The number of piperidine rings is 1. The number of carbonyl (C=O) groups is 2. The lowest BCUT2D eigenvalue weighted by molar-refractivity contribution is -0.146. The van der Waals surface area contributed by atoms with E-state index in [1.807, 2.05) is 4.90 Å². The van der Waals surface area contributed by atoms with E-state index in [2.05, 4.69) is 21.8 Å². The number of nitrogens with zero attached hydrogens (tertiary/aromatic N) is 3. The molecule has 24 heavy (non-hydrogen) atoms. The van der Waals surface area contributed by atoms with E-state index in [1.165, 1.54) is 11.5 Å². The van der Waals surface area contributed by atoms with Crippen molar-refractivity contribution in [1.82, 2.24) is 19.8 Å². The highest BCUT2D eigenvalue weighted by Crippen LogP contribution is 2.48. The predicted molar refractivity (Wildman–Crippen MR) is 87.3 cm³/mol. The average Bonchev–Trinajstić information content (AvgIpc) is 3.24. The number of nitrogens with one attached hydrogen (secondary N) is 1. The summed E-state index contributed by atoms with van der Waals surface area (Å²) in [6.45, 7) is 4.15. The van der Waals surface area contributed by atoms with Crippen LogP contribution in [0.25, 0.3) is 0 Å². The van der Waals surface area contributed by atoms with Crippen LogP contribution in [-0.4, -0.2) is 57.6 Å². The molecule has 4 fully saturated rings. The molecule has 1 aromatic heterocycles. The smallest absolute Gasteiger partial charge is 0.252 e. The zero-order valence-electron chi connectivity index (χ0n) is 13.7. The van der Waals surface area contributed by atoms with Crippen LogP contribution >= 0.6 is 11.5 Å². The lowest BCUT2D eigenvalue weighted by atomic mass is 9.74. The molecule has 1 aromatic rings. The van der Waals surface area contributed by atoms with Crippen LogP contribution in [0.2, 0.25) is 0 Å². The number of amides is 2. The SMILES string of the molecule is CC1CCN(C(=O)Cc2cnns2)CC1NC(=O)C12CC(CO1)C2. The van der Waals surface area contributed by atoms with E-state index >= 15 is 0 Å². The van der Waals surface area contributed by atoms with Crippen LogP contribution < -0.4 is 5.32 Å². The first-order chi connectivity index (χ1) is 11.6. The van der Waals surface area contributed by atoms with Crippen molar-refractivity contribution in [3.8, 4) is 0 Å². The maximum Gasteiger partial charge on any atom is 0.252 e. The summed E-state index contributed by atoms with van der Waals surface area (Å²) in [5.41, 5.74) is -0.578. The fraction of sp³-hybridized carbons (Fsp3) is 0.750. The number of aromatic nitrogens is 2. The van der Waals surface area contributed by atoms with Gasteiger partial charge in [0.2, 0.25) is 5.91 Å². The molecule has 0 radical (unpaired) electrons. The van der Waals surface area contributed by atoms with Crippen molar-refractivity contribution in [2.45, 2.75) is 44.2 Å². The number of rotatable bonds is 4. The highest BCUT2D eigenvalue weighted by Gasteiger charge is 2.57. The molecule has 5 rings (SSSR count). The number of carbonyl (C=O) groups excluding carboxylic acids is 2. The fourth-order valence-electron chi connectivity index (χ4n) is 3.95. The molecule has 3 aliphatic heterocycles. The minimum Gasteiger partial charge on any atom is -0.365 e. The first-order valence-electron chi connectivity index (χ1n) is 8.55. The van der Waals surface area contributed by atoms with Crippen LogP contribution in [0.4, 0.5) is 0 Å². The number of hydrogen-bond donors (Lipinski definition) is 1. The standard InChI is InChI=1S/C16H22N4O3S/c1-10-2-3-20(14(21)4-12-7-17-19-24-12)8-13(10)18-15(22)16-5-11(6-16)9-23-16/h7,10-11,13H,2-6,8-9H2,1H3,(H,18,22). The van der Waals surface area contributed by atoms with Crippen molar-refractivity contribution < 1.29 is 14.3 Å². The Morgan fingerprint density at radius 2 is 2.33 bits per heavy atom. The molecule has 2 amide bonds. The molecule has 2 bridgehead atoms. The molecule has 2 atom stereocenters. The second kappa shape index (κ2) is 6.07. The Balaban J connectivity index is 1.36. The van der Waals surface area contributed by atoms with E-state index in [-0.39, 0.29) is 17.9 Å². The van der Waals surface area contributed by atoms with E-state index in [1.54, 1.807) is 6.20 Å². The highest BCUT2D eigenvalue weighted by atomic mass is 32.1. The van der Waals surface area contributed by atoms with Gasteiger partial charge in [0.25, 0.3) is 5.91 Å². The second-order valence-electron chi connectivity index (χ2n) is 7.33. The van der Waals surface area contributed by atoms with Gasteiger partial charge in [0.1, 0.15) is 5.60 Å². The second-order valence-corrected chi connectivity index (χ2v) is 8.20. The third-order valence-electron chi connectivity index (χ3n) is 5.61. The molecule has 8 heteroatoms. The van der Waals surface area contributed by atoms with E-state index in [0.717, 1.165) is 30.7 Å². The first kappa shape index (κ1) is 16.0. The van der Waals surface area contributed by atoms with Gasteiger partial charge in [-0.2, -0.15) is 0 Å². The summed E-state index contributed by atoms with van der Waals surface area (Å²) >= 11 is 1.25. The molecule has 2 unspecified atom stereocenters. The van der Waals surface area contributed by atoms with Gasteiger partial charge in [-0.3, -0.25) is 9.59 Å². The third kappa shape index (κ3) is 2.82. The van der Waals surface area contributed by atoms with Crippen molar-refractivity contribution in [1.29, 1.82) is 0 Å². The van der Waals surface area contributed by atoms with Crippen LogP contribution in [-0.2, 0) is 20.7 Å². The maximum atomic E-state index is 12.6. The molecular formula is C16H22N4O3S. The number of ether oxygens (including phenoxy) is 1. The van der Waals surface area contributed by atoms with E-state index < -0.39 is 5.60 Å². The zero-order valence-corrected chi connectivity index (χ0v) is 14.6. The van der Waals surface area contributed by atoms with Gasteiger partial charge in [0, 0.05) is 19.1 Å². The summed E-state index contributed by atoms with van der Waals surface area (Å²) < 4.78 is 9.49. The van der Waals surface area contributed by atoms with Gasteiger partial charge < -0.3 is 15.0 Å². The van der Waals surface area contributed by atoms with Gasteiger partial charge in [-0.05, 0) is 42.6 Å². The van der Waals surface area contributed by atoms with E-state index in [9.17, 15) is 9.59 Å². The summed E-state index contributed by atoms with van der Waals surface area (Å²) in [6, 6.07) is -0.00703. The summed E-state index contributed by atoms with van der Waals surface area (Å²) in [4.78, 5) is 27.8. The zero-order chi connectivity index (χ0) is 16.7. The summed E-state index contributed by atoms with van der Waals surface area (Å²) in [5.74, 6) is 1.00. The Kier molecular flexibility index (Phi) is 4.04. The van der Waals surface area contributed by atoms with Crippen LogP contribution in [0.5, 0.6) is 0 Å². The molecule has 0 spiro atoms. The topological polar surface area (TPSA) is 84.4 Å². The first-order valence-corrected chi connectivity index (χ1v) is 9.32. The van der Waals surface area contributed by atoms with Gasteiger partial charge in [0.05, 0.1) is 24.1 Å². The Morgan fingerprint density at radius 1 is 1.50 bits per heavy atom. The Hall–Kier alpha value is -1.54. The van der Waals surface area contributed by atoms with Crippen molar-refractivity contribution in [3.63, 3.8) is 0 Å². The maximum absolute atomic E-state index is 12.6. The molecule has 7 nitrogen and oxygen atoms in total. The van der Waals surface area contributed by atoms with Crippen LogP contribution in [0.1, 0.15) is 31.1 Å². The van der Waals surface area contributed by atoms with E-state index in [4.69, 9.17) is 4.74 Å². The Bertz CT molecular complexity index is 624. The molecule has 4 heterocycles. The lowest BCUT2D eigenvalue weighted by Gasteiger charge is -2.40. The average molecular weight is 350 g/mol. The van der Waals surface area contributed by atoms with Crippen LogP contribution in [0, 0.1) is 11.8 Å². The lowest BCUT2D eigenvalue weighted by Crippen LogP contribution is -2.59. The van der Waals surface area contributed by atoms with Gasteiger partial charge in [-0.25, -0.2) is 0 Å². The van der Waals surface area contributed by atoms with Crippen molar-refractivity contribution in [2.75, 3.05) is 19.7 Å². The van der Waals surface area contributed by atoms with Gasteiger partial charge >= 0.3 is 0 Å². The minimum absolute atomic E-state index is 0.00703. The molecule has 3 saturated heterocycles. The van der Waals surface area contributed by atoms with Crippen molar-refractivity contribution in [3.05, 3.63) is 11.1 Å². The summed E-state index contributed by atoms with van der Waals surface area (Å²) in [7, 11) is 0. The van der Waals surface area contributed by atoms with E-state index in [0.29, 0.717) is 31.4 Å². The highest BCUT2D eigenvalue weighted by molar-refractivity contribution is 7.05. The normalized spacial score (nSPS) is 34.7. The largest absolute Gasteiger partial charge is 0.365 e. The molecule has 1 N–H and O–H groups in total. The van der Waals surface area contributed by atoms with Crippen LogP contribution in [0.15, 0.2) is 6.20 Å². The van der Waals surface area contributed by atoms with Crippen molar-refractivity contribution >= 4 is 23.3 Å². The Morgan fingerprint density at radius 3 is 3.00 bits per heavy atom. The minimum atomic E-state index is -0.578. The molecule has 130 valence electrons. The van der Waals surface area contributed by atoms with Crippen LogP contribution in [0.3, 0.4) is 0 Å². The predicted octanol–water partition coefficient (Wildman–Crippen LogP) is 0.613.